The molecule has 0 atom stereocenters. The van der Waals surface area contributed by atoms with Crippen LogP contribution in [0.15, 0.2) is 36.5 Å². The minimum Gasteiger partial charge on any atom is -0.279 e. The van der Waals surface area contributed by atoms with Crippen molar-refractivity contribution < 1.29 is 4.84 Å². The third-order valence-electron chi connectivity index (χ3n) is 2.54. The lowest BCUT2D eigenvalue weighted by Gasteiger charge is -2.12. The Hall–Kier alpha value is -1.81. The zero-order valence-corrected chi connectivity index (χ0v) is 10.3. The topological polar surface area (TPSA) is 39.1 Å². The molecule has 0 unspecified atom stereocenters. The van der Waals surface area contributed by atoms with E-state index in [0.29, 0.717) is 6.04 Å². The SMILES string of the molecule is CONc1cccc(-c2ccnn2C(C)C)c1. The van der Waals surface area contributed by atoms with Gasteiger partial charge in [0.05, 0.1) is 18.5 Å². The van der Waals surface area contributed by atoms with Gasteiger partial charge in [0, 0.05) is 17.8 Å². The fourth-order valence-electron chi connectivity index (χ4n) is 1.81. The van der Waals surface area contributed by atoms with E-state index in [1.165, 1.54) is 0 Å². The molecule has 1 aromatic carbocycles. The number of hydrogen-bond acceptors (Lipinski definition) is 3. The van der Waals surface area contributed by atoms with Crippen molar-refractivity contribution in [2.45, 2.75) is 19.9 Å². The van der Waals surface area contributed by atoms with Gasteiger partial charge in [0.25, 0.3) is 0 Å². The first kappa shape index (κ1) is 11.7. The molecule has 4 heteroatoms. The lowest BCUT2D eigenvalue weighted by atomic mass is 10.1. The van der Waals surface area contributed by atoms with E-state index in [2.05, 4.69) is 30.5 Å². The summed E-state index contributed by atoms with van der Waals surface area (Å²) in [4.78, 5) is 4.91. The lowest BCUT2D eigenvalue weighted by Crippen LogP contribution is -2.04. The Morgan fingerprint density at radius 3 is 2.82 bits per heavy atom. The molecule has 0 aliphatic rings. The van der Waals surface area contributed by atoms with Crippen LogP contribution in [0.1, 0.15) is 19.9 Å². The summed E-state index contributed by atoms with van der Waals surface area (Å²) in [5.41, 5.74) is 6.00. The molecule has 0 aliphatic carbocycles. The molecule has 0 amide bonds. The van der Waals surface area contributed by atoms with Crippen LogP contribution in [0, 0.1) is 0 Å². The predicted molar refractivity (Wildman–Crippen MR) is 68.7 cm³/mol. The number of anilines is 1. The van der Waals surface area contributed by atoms with Crippen molar-refractivity contribution >= 4 is 5.69 Å². The van der Waals surface area contributed by atoms with Gasteiger partial charge in [-0.25, -0.2) is 0 Å². The summed E-state index contributed by atoms with van der Waals surface area (Å²) in [7, 11) is 1.60. The van der Waals surface area contributed by atoms with E-state index in [4.69, 9.17) is 4.84 Å². The first-order valence-electron chi connectivity index (χ1n) is 5.65. The molecule has 17 heavy (non-hydrogen) atoms. The zero-order chi connectivity index (χ0) is 12.3. The highest BCUT2D eigenvalue weighted by Gasteiger charge is 2.08. The van der Waals surface area contributed by atoms with E-state index in [1.54, 1.807) is 7.11 Å². The lowest BCUT2D eigenvalue weighted by molar-refractivity contribution is 0.271. The van der Waals surface area contributed by atoms with Crippen LogP contribution in [0.2, 0.25) is 0 Å². The number of nitrogens with one attached hydrogen (secondary N) is 1. The van der Waals surface area contributed by atoms with E-state index in [9.17, 15) is 0 Å². The minimum atomic E-state index is 0.346. The van der Waals surface area contributed by atoms with Gasteiger partial charge in [-0.2, -0.15) is 5.10 Å². The second kappa shape index (κ2) is 5.01. The molecule has 90 valence electrons. The summed E-state index contributed by atoms with van der Waals surface area (Å²) in [6.07, 6.45) is 1.83. The van der Waals surface area contributed by atoms with Gasteiger partial charge < -0.3 is 0 Å². The highest BCUT2D eigenvalue weighted by molar-refractivity contribution is 5.64. The molecule has 0 aliphatic heterocycles. The van der Waals surface area contributed by atoms with Crippen molar-refractivity contribution in [3.63, 3.8) is 0 Å². The normalized spacial score (nSPS) is 10.8. The Bertz CT molecular complexity index is 491. The molecule has 1 N–H and O–H groups in total. The van der Waals surface area contributed by atoms with E-state index in [-0.39, 0.29) is 0 Å². The summed E-state index contributed by atoms with van der Waals surface area (Å²) in [5.74, 6) is 0. The van der Waals surface area contributed by atoms with E-state index >= 15 is 0 Å². The van der Waals surface area contributed by atoms with E-state index < -0.39 is 0 Å². The van der Waals surface area contributed by atoms with Crippen LogP contribution in [-0.2, 0) is 4.84 Å². The Morgan fingerprint density at radius 1 is 1.29 bits per heavy atom. The van der Waals surface area contributed by atoms with Crippen molar-refractivity contribution in [1.82, 2.24) is 9.78 Å². The molecule has 1 heterocycles. The predicted octanol–water partition coefficient (Wildman–Crippen LogP) is 3.10. The van der Waals surface area contributed by atoms with E-state index in [1.807, 2.05) is 35.1 Å². The monoisotopic (exact) mass is 231 g/mol. The summed E-state index contributed by atoms with van der Waals surface area (Å²) in [5, 5.41) is 4.33. The molecule has 0 fully saturated rings. The standard InChI is InChI=1S/C13H17N3O/c1-10(2)16-13(7-8-14-16)11-5-4-6-12(9-11)15-17-3/h4-10,15H,1-3H3. The molecule has 0 saturated carbocycles. The maximum Gasteiger partial charge on any atom is 0.0686 e. The molecule has 2 rings (SSSR count). The van der Waals surface area contributed by atoms with Crippen LogP contribution in [-0.4, -0.2) is 16.9 Å². The molecule has 2 aromatic rings. The van der Waals surface area contributed by atoms with Crippen molar-refractivity contribution in [1.29, 1.82) is 0 Å². The van der Waals surface area contributed by atoms with Gasteiger partial charge in [-0.15, -0.1) is 0 Å². The van der Waals surface area contributed by atoms with Gasteiger partial charge >= 0.3 is 0 Å². The average molecular weight is 231 g/mol. The highest BCUT2D eigenvalue weighted by atomic mass is 16.6. The van der Waals surface area contributed by atoms with Crippen LogP contribution in [0.4, 0.5) is 5.69 Å². The van der Waals surface area contributed by atoms with Gasteiger partial charge in [-0.1, -0.05) is 12.1 Å². The summed E-state index contributed by atoms with van der Waals surface area (Å²) in [6.45, 7) is 4.24. The van der Waals surface area contributed by atoms with Crippen molar-refractivity contribution in [2.75, 3.05) is 12.6 Å². The number of benzene rings is 1. The Morgan fingerprint density at radius 2 is 2.12 bits per heavy atom. The maximum absolute atomic E-state index is 4.91. The van der Waals surface area contributed by atoms with Crippen LogP contribution >= 0.6 is 0 Å². The van der Waals surface area contributed by atoms with Gasteiger partial charge in [0.15, 0.2) is 0 Å². The largest absolute Gasteiger partial charge is 0.279 e. The third kappa shape index (κ3) is 2.47. The summed E-state index contributed by atoms with van der Waals surface area (Å²) < 4.78 is 2.01. The van der Waals surface area contributed by atoms with Gasteiger partial charge in [-0.05, 0) is 32.0 Å². The second-order valence-corrected chi connectivity index (χ2v) is 4.14. The zero-order valence-electron chi connectivity index (χ0n) is 10.3. The highest BCUT2D eigenvalue weighted by Crippen LogP contribution is 2.24. The molecule has 4 nitrogen and oxygen atoms in total. The van der Waals surface area contributed by atoms with E-state index in [0.717, 1.165) is 16.9 Å². The van der Waals surface area contributed by atoms with Crippen LogP contribution in [0.3, 0.4) is 0 Å². The van der Waals surface area contributed by atoms with Crippen molar-refractivity contribution in [3.05, 3.63) is 36.5 Å². The van der Waals surface area contributed by atoms with Crippen molar-refractivity contribution in [3.8, 4) is 11.3 Å². The molecule has 0 saturated heterocycles. The Kier molecular flexibility index (Phi) is 3.44. The van der Waals surface area contributed by atoms with Crippen LogP contribution < -0.4 is 5.48 Å². The Labute approximate surface area is 101 Å². The molecule has 1 aromatic heterocycles. The molecular weight excluding hydrogens is 214 g/mol. The second-order valence-electron chi connectivity index (χ2n) is 4.14. The van der Waals surface area contributed by atoms with Crippen LogP contribution in [0.25, 0.3) is 11.3 Å². The number of rotatable bonds is 4. The first-order valence-corrected chi connectivity index (χ1v) is 5.65. The number of aromatic nitrogens is 2. The van der Waals surface area contributed by atoms with Crippen LogP contribution in [0.5, 0.6) is 0 Å². The minimum absolute atomic E-state index is 0.346. The van der Waals surface area contributed by atoms with Gasteiger partial charge in [0.1, 0.15) is 0 Å². The number of nitrogens with zero attached hydrogens (tertiary/aromatic N) is 2. The molecular formula is C13H17N3O. The van der Waals surface area contributed by atoms with Gasteiger partial charge in [0.2, 0.25) is 0 Å². The first-order chi connectivity index (χ1) is 8.22. The fraction of sp³-hybridized carbons (Fsp3) is 0.308. The summed E-state index contributed by atoms with van der Waals surface area (Å²) in [6, 6.07) is 10.4. The smallest absolute Gasteiger partial charge is 0.0686 e. The number of hydrogen-bond donors (Lipinski definition) is 1. The third-order valence-corrected chi connectivity index (χ3v) is 2.54. The molecule has 0 radical (unpaired) electrons. The summed E-state index contributed by atoms with van der Waals surface area (Å²) >= 11 is 0. The average Bonchev–Trinajstić information content (AvgIpc) is 2.79. The molecule has 0 spiro atoms. The van der Waals surface area contributed by atoms with Crippen molar-refractivity contribution in [2.24, 2.45) is 0 Å². The maximum atomic E-state index is 4.91. The quantitative estimate of drug-likeness (QED) is 0.822. The molecule has 0 bridgehead atoms. The Balaban J connectivity index is 2.38. The fourth-order valence-corrected chi connectivity index (χ4v) is 1.81. The van der Waals surface area contributed by atoms with Gasteiger partial charge in [-0.3, -0.25) is 15.0 Å².